The standard InChI is InChI=1S/C15H16N2O2/c1-15(2,10-16)7-9-17-8-6-11-4-3-5-12(13(11)17)14(18)19/h3-6,8H,7,9H2,1-2H3,(H,18,19). The molecule has 2 rings (SSSR count). The van der Waals surface area contributed by atoms with Gasteiger partial charge in [0.25, 0.3) is 0 Å². The highest BCUT2D eigenvalue weighted by Crippen LogP contribution is 2.24. The second kappa shape index (κ2) is 4.77. The van der Waals surface area contributed by atoms with Gasteiger partial charge >= 0.3 is 5.97 Å². The number of benzene rings is 1. The van der Waals surface area contributed by atoms with Crippen molar-refractivity contribution in [3.05, 3.63) is 36.0 Å². The van der Waals surface area contributed by atoms with Crippen LogP contribution in [0.1, 0.15) is 30.6 Å². The first-order valence-electron chi connectivity index (χ1n) is 6.17. The van der Waals surface area contributed by atoms with Crippen molar-refractivity contribution in [3.63, 3.8) is 0 Å². The van der Waals surface area contributed by atoms with Crippen molar-refractivity contribution in [2.45, 2.75) is 26.8 Å². The molecule has 0 amide bonds. The van der Waals surface area contributed by atoms with Crippen molar-refractivity contribution in [3.8, 4) is 6.07 Å². The van der Waals surface area contributed by atoms with Crippen LogP contribution in [0.2, 0.25) is 0 Å². The summed E-state index contributed by atoms with van der Waals surface area (Å²) < 4.78 is 1.91. The lowest BCUT2D eigenvalue weighted by atomic mass is 9.91. The number of rotatable bonds is 4. The molecule has 1 heterocycles. The van der Waals surface area contributed by atoms with Gasteiger partial charge in [0.2, 0.25) is 0 Å². The lowest BCUT2D eigenvalue weighted by Crippen LogP contribution is -2.12. The van der Waals surface area contributed by atoms with Crippen LogP contribution >= 0.6 is 0 Å². The Balaban J connectivity index is 2.40. The number of aromatic carboxylic acids is 1. The zero-order chi connectivity index (χ0) is 14.0. The molecule has 0 radical (unpaired) electrons. The molecular formula is C15H16N2O2. The highest BCUT2D eigenvalue weighted by Gasteiger charge is 2.18. The van der Waals surface area contributed by atoms with Crippen LogP contribution in [-0.2, 0) is 6.54 Å². The molecule has 0 bridgehead atoms. The van der Waals surface area contributed by atoms with Crippen LogP contribution in [-0.4, -0.2) is 15.6 Å². The Morgan fingerprint density at radius 2 is 2.16 bits per heavy atom. The Hall–Kier alpha value is -2.28. The minimum Gasteiger partial charge on any atom is -0.478 e. The van der Waals surface area contributed by atoms with E-state index in [9.17, 15) is 9.90 Å². The molecular weight excluding hydrogens is 240 g/mol. The third-order valence-electron chi connectivity index (χ3n) is 3.30. The molecule has 98 valence electrons. The number of carboxylic acid groups (broad SMARTS) is 1. The number of carbonyl (C=O) groups is 1. The molecule has 0 aliphatic heterocycles. The minimum atomic E-state index is -0.926. The fourth-order valence-electron chi connectivity index (χ4n) is 2.08. The highest BCUT2D eigenvalue weighted by atomic mass is 16.4. The first kappa shape index (κ1) is 13.2. The number of hydrogen-bond donors (Lipinski definition) is 1. The van der Waals surface area contributed by atoms with Crippen LogP contribution in [0.15, 0.2) is 30.5 Å². The van der Waals surface area contributed by atoms with E-state index in [2.05, 4.69) is 6.07 Å². The highest BCUT2D eigenvalue weighted by molar-refractivity contribution is 6.02. The third kappa shape index (κ3) is 2.60. The number of nitrogens with zero attached hydrogens (tertiary/aromatic N) is 2. The number of aromatic nitrogens is 1. The maximum absolute atomic E-state index is 11.3. The van der Waals surface area contributed by atoms with E-state index in [4.69, 9.17) is 5.26 Å². The molecule has 0 aliphatic rings. The van der Waals surface area contributed by atoms with Crippen LogP contribution < -0.4 is 0 Å². The molecule has 1 aromatic heterocycles. The topological polar surface area (TPSA) is 66.0 Å². The minimum absolute atomic E-state index is 0.303. The van der Waals surface area contributed by atoms with Gasteiger partial charge in [-0.05, 0) is 32.4 Å². The Morgan fingerprint density at radius 1 is 1.42 bits per heavy atom. The second-order valence-electron chi connectivity index (χ2n) is 5.30. The summed E-state index contributed by atoms with van der Waals surface area (Å²) in [6.07, 6.45) is 2.56. The molecule has 4 heteroatoms. The number of nitriles is 1. The average molecular weight is 256 g/mol. The van der Waals surface area contributed by atoms with Crippen molar-refractivity contribution < 1.29 is 9.90 Å². The van der Waals surface area contributed by atoms with Crippen molar-refractivity contribution in [2.75, 3.05) is 0 Å². The zero-order valence-electron chi connectivity index (χ0n) is 11.1. The summed E-state index contributed by atoms with van der Waals surface area (Å²) in [5, 5.41) is 19.2. The molecule has 0 unspecified atom stereocenters. The number of hydrogen-bond acceptors (Lipinski definition) is 2. The van der Waals surface area contributed by atoms with E-state index in [1.807, 2.05) is 36.7 Å². The Morgan fingerprint density at radius 3 is 2.79 bits per heavy atom. The summed E-state index contributed by atoms with van der Waals surface area (Å²) >= 11 is 0. The van der Waals surface area contributed by atoms with E-state index >= 15 is 0 Å². The number of carboxylic acids is 1. The van der Waals surface area contributed by atoms with Gasteiger partial charge < -0.3 is 9.67 Å². The number of fused-ring (bicyclic) bond motifs is 1. The fraction of sp³-hybridized carbons (Fsp3) is 0.333. The first-order valence-corrected chi connectivity index (χ1v) is 6.17. The van der Waals surface area contributed by atoms with Gasteiger partial charge in [0.05, 0.1) is 22.6 Å². The number of para-hydroxylation sites is 1. The van der Waals surface area contributed by atoms with Gasteiger partial charge in [-0.25, -0.2) is 4.79 Å². The summed E-state index contributed by atoms with van der Waals surface area (Å²) in [4.78, 5) is 11.3. The lowest BCUT2D eigenvalue weighted by Gasteiger charge is -2.16. The van der Waals surface area contributed by atoms with Crippen LogP contribution in [0.4, 0.5) is 0 Å². The summed E-state index contributed by atoms with van der Waals surface area (Å²) in [6.45, 7) is 4.40. The zero-order valence-corrected chi connectivity index (χ0v) is 11.1. The first-order chi connectivity index (χ1) is 8.94. The maximum atomic E-state index is 11.3. The smallest absolute Gasteiger partial charge is 0.337 e. The van der Waals surface area contributed by atoms with E-state index in [1.54, 1.807) is 12.1 Å². The molecule has 0 saturated heterocycles. The lowest BCUT2D eigenvalue weighted by molar-refractivity contribution is 0.0698. The fourth-order valence-corrected chi connectivity index (χ4v) is 2.08. The molecule has 0 spiro atoms. The van der Waals surface area contributed by atoms with Crippen molar-refractivity contribution in [2.24, 2.45) is 5.41 Å². The van der Waals surface area contributed by atoms with Gasteiger partial charge in [-0.3, -0.25) is 0 Å². The van der Waals surface area contributed by atoms with Crippen LogP contribution in [0.3, 0.4) is 0 Å². The Labute approximate surface area is 111 Å². The third-order valence-corrected chi connectivity index (χ3v) is 3.30. The predicted octanol–water partition coefficient (Wildman–Crippen LogP) is 3.28. The van der Waals surface area contributed by atoms with Gasteiger partial charge in [0.1, 0.15) is 0 Å². The summed E-state index contributed by atoms with van der Waals surface area (Å²) in [5.41, 5.74) is 0.621. The molecule has 0 atom stereocenters. The van der Waals surface area contributed by atoms with Crippen molar-refractivity contribution >= 4 is 16.9 Å². The van der Waals surface area contributed by atoms with Gasteiger partial charge in [-0.1, -0.05) is 12.1 Å². The van der Waals surface area contributed by atoms with E-state index in [0.717, 1.165) is 10.9 Å². The van der Waals surface area contributed by atoms with Gasteiger partial charge in [-0.2, -0.15) is 5.26 Å². The quantitative estimate of drug-likeness (QED) is 0.912. The summed E-state index contributed by atoms with van der Waals surface area (Å²) in [7, 11) is 0. The van der Waals surface area contributed by atoms with Crippen molar-refractivity contribution in [1.29, 1.82) is 5.26 Å². The molecule has 19 heavy (non-hydrogen) atoms. The SMILES string of the molecule is CC(C)(C#N)CCn1ccc2cccc(C(=O)O)c21. The molecule has 0 fully saturated rings. The second-order valence-corrected chi connectivity index (χ2v) is 5.30. The average Bonchev–Trinajstić information content (AvgIpc) is 2.79. The Kier molecular flexibility index (Phi) is 3.30. The predicted molar refractivity (Wildman–Crippen MR) is 72.9 cm³/mol. The van der Waals surface area contributed by atoms with Crippen LogP contribution in [0.25, 0.3) is 10.9 Å². The largest absolute Gasteiger partial charge is 0.478 e. The van der Waals surface area contributed by atoms with E-state index in [-0.39, 0.29) is 0 Å². The van der Waals surface area contributed by atoms with Gasteiger partial charge in [-0.15, -0.1) is 0 Å². The van der Waals surface area contributed by atoms with Crippen LogP contribution in [0, 0.1) is 16.7 Å². The van der Waals surface area contributed by atoms with Crippen LogP contribution in [0.5, 0.6) is 0 Å². The molecule has 0 saturated carbocycles. The van der Waals surface area contributed by atoms with E-state index < -0.39 is 11.4 Å². The molecule has 0 aliphatic carbocycles. The Bertz CT molecular complexity index is 662. The molecule has 1 aromatic carbocycles. The van der Waals surface area contributed by atoms with E-state index in [0.29, 0.717) is 18.5 Å². The maximum Gasteiger partial charge on any atom is 0.337 e. The summed E-state index contributed by atoms with van der Waals surface area (Å²) in [5.74, 6) is -0.926. The van der Waals surface area contributed by atoms with Crippen molar-refractivity contribution in [1.82, 2.24) is 4.57 Å². The number of aryl methyl sites for hydroxylation is 1. The van der Waals surface area contributed by atoms with Gasteiger partial charge in [0.15, 0.2) is 0 Å². The normalized spacial score (nSPS) is 11.4. The molecule has 4 nitrogen and oxygen atoms in total. The van der Waals surface area contributed by atoms with E-state index in [1.165, 1.54) is 0 Å². The van der Waals surface area contributed by atoms with Gasteiger partial charge in [0, 0.05) is 18.1 Å². The summed E-state index contributed by atoms with van der Waals surface area (Å²) in [6, 6.07) is 9.41. The molecule has 2 aromatic rings. The molecule has 1 N–H and O–H groups in total. The monoisotopic (exact) mass is 256 g/mol.